The van der Waals surface area contributed by atoms with E-state index in [-0.39, 0.29) is 11.7 Å². The van der Waals surface area contributed by atoms with Crippen molar-refractivity contribution in [3.63, 3.8) is 0 Å². The first kappa shape index (κ1) is 20.8. The normalized spacial score (nSPS) is 15.0. The number of aromatic nitrogens is 3. The second-order valence-corrected chi connectivity index (χ2v) is 8.00. The maximum atomic E-state index is 13.5. The Morgan fingerprint density at radius 3 is 2.79 bits per heavy atom. The SMILES string of the molecule is CCCOc1cccc([C@@H]2c3c(-c4ccccc4O)n[nH]c3C(=O)N2Cc2cccnc2)c1. The third kappa shape index (κ3) is 3.82. The molecule has 2 N–H and O–H groups in total. The maximum Gasteiger partial charge on any atom is 0.273 e. The Balaban J connectivity index is 1.64. The monoisotopic (exact) mass is 440 g/mol. The summed E-state index contributed by atoms with van der Waals surface area (Å²) in [6, 6.07) is 18.3. The minimum absolute atomic E-state index is 0.115. The molecule has 7 nitrogen and oxygen atoms in total. The van der Waals surface area contributed by atoms with Gasteiger partial charge >= 0.3 is 0 Å². The molecule has 0 spiro atoms. The van der Waals surface area contributed by atoms with E-state index in [2.05, 4.69) is 22.1 Å². The largest absolute Gasteiger partial charge is 0.507 e. The van der Waals surface area contributed by atoms with Crippen LogP contribution in [-0.4, -0.2) is 37.7 Å². The Hall–Kier alpha value is -4.13. The molecule has 33 heavy (non-hydrogen) atoms. The van der Waals surface area contributed by atoms with Crippen LogP contribution in [0.15, 0.2) is 73.1 Å². The molecule has 1 aliphatic rings. The summed E-state index contributed by atoms with van der Waals surface area (Å²) in [5, 5.41) is 17.9. The average Bonchev–Trinajstić information content (AvgIpc) is 3.38. The van der Waals surface area contributed by atoms with E-state index < -0.39 is 6.04 Å². The minimum Gasteiger partial charge on any atom is -0.507 e. The van der Waals surface area contributed by atoms with E-state index in [4.69, 9.17) is 4.74 Å². The standard InChI is InChI=1S/C26H24N4O3/c1-2-13-33-19-9-5-8-18(14-19)25-22-23(20-10-3-4-11-21(20)31)28-29-24(22)26(32)30(25)16-17-7-6-12-27-15-17/h3-12,14-15,25,31H,2,13,16H2,1H3,(H,28,29)/t25-/m1/s1. The topological polar surface area (TPSA) is 91.3 Å². The van der Waals surface area contributed by atoms with E-state index in [1.807, 2.05) is 47.4 Å². The molecule has 0 unspecified atom stereocenters. The highest BCUT2D eigenvalue weighted by atomic mass is 16.5. The highest BCUT2D eigenvalue weighted by Crippen LogP contribution is 2.45. The van der Waals surface area contributed by atoms with Gasteiger partial charge in [-0.3, -0.25) is 14.9 Å². The van der Waals surface area contributed by atoms with Gasteiger partial charge < -0.3 is 14.7 Å². The van der Waals surface area contributed by atoms with Gasteiger partial charge in [0.2, 0.25) is 0 Å². The average molecular weight is 441 g/mol. The van der Waals surface area contributed by atoms with Crippen LogP contribution in [-0.2, 0) is 6.54 Å². The summed E-state index contributed by atoms with van der Waals surface area (Å²) in [6.45, 7) is 3.07. The minimum atomic E-state index is -0.397. The van der Waals surface area contributed by atoms with Crippen molar-refractivity contribution in [1.82, 2.24) is 20.1 Å². The van der Waals surface area contributed by atoms with Gasteiger partial charge in [0.25, 0.3) is 5.91 Å². The number of fused-ring (bicyclic) bond motifs is 1. The zero-order valence-corrected chi connectivity index (χ0v) is 18.2. The van der Waals surface area contributed by atoms with Crippen molar-refractivity contribution in [2.45, 2.75) is 25.9 Å². The Bertz CT molecular complexity index is 1290. The fraction of sp³-hybridized carbons (Fsp3) is 0.192. The number of aromatic hydroxyl groups is 1. The van der Waals surface area contributed by atoms with Crippen molar-refractivity contribution in [3.05, 3.63) is 95.4 Å². The molecule has 0 bridgehead atoms. The molecule has 0 aliphatic carbocycles. The van der Waals surface area contributed by atoms with Gasteiger partial charge in [0, 0.05) is 30.1 Å². The van der Waals surface area contributed by atoms with Crippen LogP contribution in [0.3, 0.4) is 0 Å². The lowest BCUT2D eigenvalue weighted by atomic mass is 9.95. The fourth-order valence-electron chi connectivity index (χ4n) is 4.27. The lowest BCUT2D eigenvalue weighted by Gasteiger charge is -2.26. The molecule has 0 fully saturated rings. The molecule has 1 atom stereocenters. The molecule has 1 amide bonds. The number of phenols is 1. The van der Waals surface area contributed by atoms with Gasteiger partial charge in [-0.05, 0) is 47.9 Å². The van der Waals surface area contributed by atoms with Crippen LogP contribution in [0, 0.1) is 0 Å². The number of ether oxygens (including phenoxy) is 1. The first-order valence-electron chi connectivity index (χ1n) is 11.0. The summed E-state index contributed by atoms with van der Waals surface area (Å²) in [4.78, 5) is 19.5. The number of carbonyl (C=O) groups excluding carboxylic acids is 1. The number of para-hydroxylation sites is 1. The molecule has 166 valence electrons. The summed E-state index contributed by atoms with van der Waals surface area (Å²) in [6.07, 6.45) is 4.38. The molecule has 5 rings (SSSR count). The summed E-state index contributed by atoms with van der Waals surface area (Å²) in [7, 11) is 0. The number of phenolic OH excluding ortho intramolecular Hbond substituents is 1. The number of nitrogens with zero attached hydrogens (tertiary/aromatic N) is 3. The lowest BCUT2D eigenvalue weighted by Crippen LogP contribution is -2.29. The number of aromatic amines is 1. The van der Waals surface area contributed by atoms with Gasteiger partial charge in [0.15, 0.2) is 0 Å². The first-order chi connectivity index (χ1) is 16.2. The number of amides is 1. The van der Waals surface area contributed by atoms with Crippen molar-refractivity contribution in [2.75, 3.05) is 6.61 Å². The summed E-state index contributed by atoms with van der Waals surface area (Å²) in [5.74, 6) is 0.723. The molecule has 0 saturated carbocycles. The molecule has 1 aliphatic heterocycles. The Morgan fingerprint density at radius 1 is 1.12 bits per heavy atom. The zero-order valence-electron chi connectivity index (χ0n) is 18.2. The molecule has 4 aromatic rings. The number of H-pyrrole nitrogens is 1. The maximum absolute atomic E-state index is 13.5. The van der Waals surface area contributed by atoms with E-state index in [1.165, 1.54) is 0 Å². The molecular formula is C26H24N4O3. The van der Waals surface area contributed by atoms with Crippen LogP contribution in [0.25, 0.3) is 11.3 Å². The number of hydrogen-bond acceptors (Lipinski definition) is 5. The molecular weight excluding hydrogens is 416 g/mol. The Morgan fingerprint density at radius 2 is 2.00 bits per heavy atom. The van der Waals surface area contributed by atoms with Crippen molar-refractivity contribution in [3.8, 4) is 22.8 Å². The third-order valence-corrected chi connectivity index (χ3v) is 5.75. The summed E-state index contributed by atoms with van der Waals surface area (Å²) in [5.41, 5.74) is 4.17. The van der Waals surface area contributed by atoms with Gasteiger partial charge in [-0.2, -0.15) is 5.10 Å². The van der Waals surface area contributed by atoms with Crippen LogP contribution in [0.4, 0.5) is 0 Å². The van der Waals surface area contributed by atoms with Gasteiger partial charge in [0.1, 0.15) is 22.9 Å². The number of rotatable bonds is 7. The molecule has 7 heteroatoms. The van der Waals surface area contributed by atoms with Gasteiger partial charge in [-0.1, -0.05) is 37.3 Å². The van der Waals surface area contributed by atoms with Crippen molar-refractivity contribution in [1.29, 1.82) is 0 Å². The van der Waals surface area contributed by atoms with E-state index >= 15 is 0 Å². The highest BCUT2D eigenvalue weighted by molar-refractivity contribution is 6.00. The van der Waals surface area contributed by atoms with Crippen LogP contribution in [0.1, 0.15) is 46.6 Å². The number of pyridine rings is 1. The van der Waals surface area contributed by atoms with Crippen molar-refractivity contribution in [2.24, 2.45) is 0 Å². The first-order valence-corrected chi connectivity index (χ1v) is 11.0. The van der Waals surface area contributed by atoms with Crippen LogP contribution < -0.4 is 4.74 Å². The predicted octanol–water partition coefficient (Wildman–Crippen LogP) is 4.71. The van der Waals surface area contributed by atoms with E-state index in [0.717, 1.165) is 28.9 Å². The van der Waals surface area contributed by atoms with Crippen molar-refractivity contribution >= 4 is 5.91 Å². The van der Waals surface area contributed by atoms with E-state index in [9.17, 15) is 9.90 Å². The zero-order chi connectivity index (χ0) is 22.8. The van der Waals surface area contributed by atoms with Gasteiger partial charge in [0.05, 0.1) is 12.6 Å². The van der Waals surface area contributed by atoms with Gasteiger partial charge in [-0.15, -0.1) is 0 Å². The lowest BCUT2D eigenvalue weighted by molar-refractivity contribution is 0.0729. The summed E-state index contributed by atoms with van der Waals surface area (Å²) < 4.78 is 5.86. The molecule has 3 heterocycles. The molecule has 0 saturated heterocycles. The smallest absolute Gasteiger partial charge is 0.273 e. The Labute approximate surface area is 191 Å². The molecule has 2 aromatic heterocycles. The number of benzene rings is 2. The molecule has 2 aromatic carbocycles. The fourth-order valence-corrected chi connectivity index (χ4v) is 4.27. The second-order valence-electron chi connectivity index (χ2n) is 8.00. The second kappa shape index (κ2) is 8.78. The van der Waals surface area contributed by atoms with Crippen LogP contribution in [0.5, 0.6) is 11.5 Å². The number of hydrogen-bond donors (Lipinski definition) is 2. The quantitative estimate of drug-likeness (QED) is 0.434. The van der Waals surface area contributed by atoms with E-state index in [1.54, 1.807) is 30.6 Å². The Kier molecular flexibility index (Phi) is 5.52. The molecule has 0 radical (unpaired) electrons. The van der Waals surface area contributed by atoms with Crippen LogP contribution >= 0.6 is 0 Å². The number of carbonyl (C=O) groups is 1. The predicted molar refractivity (Wildman–Crippen MR) is 124 cm³/mol. The highest BCUT2D eigenvalue weighted by Gasteiger charge is 2.42. The third-order valence-electron chi connectivity index (χ3n) is 5.75. The number of nitrogens with one attached hydrogen (secondary N) is 1. The van der Waals surface area contributed by atoms with Crippen molar-refractivity contribution < 1.29 is 14.6 Å². The van der Waals surface area contributed by atoms with E-state index in [0.29, 0.717) is 30.1 Å². The van der Waals surface area contributed by atoms with Crippen LogP contribution in [0.2, 0.25) is 0 Å². The van der Waals surface area contributed by atoms with Gasteiger partial charge in [-0.25, -0.2) is 0 Å². The summed E-state index contributed by atoms with van der Waals surface area (Å²) >= 11 is 0.